The Bertz CT molecular complexity index is 3550. The molecule has 0 amide bonds. The molecular formula is C117H186Cl6N2OP4Ru3+4. The van der Waals surface area contributed by atoms with Crippen molar-refractivity contribution in [3.63, 3.8) is 0 Å². The van der Waals surface area contributed by atoms with Gasteiger partial charge in [0.15, 0.2) is 0 Å². The fourth-order valence-corrected chi connectivity index (χ4v) is 53.7. The Hall–Kier alpha value is 0.180. The first-order valence-corrected chi connectivity index (χ1v) is 78.3. The number of hydrogen-bond acceptors (Lipinski definition) is 2. The first kappa shape index (κ1) is 114. The molecule has 13 aliphatic rings. The monoisotopic (exact) mass is 2270 g/mol. The third kappa shape index (κ3) is 40.2. The molecule has 133 heavy (non-hydrogen) atoms. The van der Waals surface area contributed by atoms with Gasteiger partial charge in [-0.05, 0) is 384 Å². The van der Waals surface area contributed by atoms with Gasteiger partial charge in [-0.3, -0.25) is 0 Å². The van der Waals surface area contributed by atoms with Crippen LogP contribution in [-0.2, 0) is 40.6 Å². The van der Waals surface area contributed by atoms with Crippen LogP contribution in [0.4, 0.5) is 11.4 Å². The molecule has 18 rings (SSSR count). The van der Waals surface area contributed by atoms with E-state index < -0.39 is 40.6 Å². The van der Waals surface area contributed by atoms with E-state index >= 15 is 0 Å². The number of aryl methyl sites for hydroxylation is 6. The number of aromatic hydroxyl groups is 1. The summed E-state index contributed by atoms with van der Waals surface area (Å²) in [4.78, 5) is 4.45. The van der Waals surface area contributed by atoms with Crippen LogP contribution >= 0.6 is 89.8 Å². The molecule has 1 N–H and O–H groups in total. The van der Waals surface area contributed by atoms with E-state index in [1.54, 1.807) is 385 Å². The average Bonchev–Trinajstić information content (AvgIpc) is 1.67. The summed E-state index contributed by atoms with van der Waals surface area (Å²) in [5.41, 5.74) is 28.4. The number of nitrogens with zero attached hydrogens (tertiary/aromatic N) is 2. The summed E-state index contributed by atoms with van der Waals surface area (Å²) in [6.45, 7) is 19.3. The van der Waals surface area contributed by atoms with Crippen LogP contribution < -0.4 is 9.80 Å². The summed E-state index contributed by atoms with van der Waals surface area (Å²) in [6.07, 6.45) is 99.7. The maximum absolute atomic E-state index is 5.83. The molecule has 1 heterocycles. The number of hydrogen-bond donors (Lipinski definition) is 0. The second kappa shape index (κ2) is 64.9. The van der Waals surface area contributed by atoms with E-state index in [0.29, 0.717) is 0 Å². The standard InChI is InChI=1S/C21H25N2.4C18H33P.C10H12O.2C7H6.6ClH.3Ru/c1-14-9-16(3)20(17(4)10-14)22-7-8-23(13-22)21-18(5)11-15(2)12-19(21)6;4*1-4-10-16(11-5-1)19(17-12-6-2-7-13-17)18-14-8-3-9-15-18;1-8(2)11-10-7-5-4-6-9(10)3;2*1-7-5-3-2-4-6-7;;;;;;;;;/h7-13H,1-6H3;4*16-18H,1-15H2;3-8H,1-2H3;2*1-6H;6*1H;;;/q-1;;;;;;;;;;;;;;3*+2/p-1. The molecule has 0 bridgehead atoms. The predicted octanol–water partition coefficient (Wildman–Crippen LogP) is 39.2. The molecular weight excluding hydrogens is 2090 g/mol. The van der Waals surface area contributed by atoms with Crippen molar-refractivity contribution in [2.75, 3.05) is 9.80 Å². The summed E-state index contributed by atoms with van der Waals surface area (Å²) in [5, 5.41) is 0. The van der Waals surface area contributed by atoms with E-state index in [1.807, 2.05) is 113 Å². The van der Waals surface area contributed by atoms with Crippen molar-refractivity contribution in [2.45, 2.75) is 515 Å². The van der Waals surface area contributed by atoms with E-state index in [9.17, 15) is 0 Å². The van der Waals surface area contributed by atoms with Crippen molar-refractivity contribution in [2.24, 2.45) is 0 Å². The van der Waals surface area contributed by atoms with E-state index in [2.05, 4.69) is 99.4 Å². The topological polar surface area (TPSA) is 19.3 Å². The van der Waals surface area contributed by atoms with Crippen molar-refractivity contribution >= 4 is 115 Å². The van der Waals surface area contributed by atoms with Gasteiger partial charge < -0.3 is 9.80 Å². The molecule has 5 aromatic rings. The van der Waals surface area contributed by atoms with Gasteiger partial charge in [0.2, 0.25) is 0 Å². The fourth-order valence-electron chi connectivity index (χ4n) is 27.3. The number of halogens is 6. The van der Waals surface area contributed by atoms with E-state index in [4.69, 9.17) is 58.1 Å². The van der Waals surface area contributed by atoms with Crippen LogP contribution in [0.5, 0.6) is 5.75 Å². The van der Waals surface area contributed by atoms with Gasteiger partial charge in [0.25, 0.3) is 0 Å². The number of rotatable bonds is 19. The fraction of sp³-hybridized carbons (Fsp3) is 0.692. The van der Waals surface area contributed by atoms with E-state index in [0.717, 1.165) is 22.4 Å². The molecule has 12 saturated carbocycles. The van der Waals surface area contributed by atoms with Crippen molar-refractivity contribution in [1.82, 2.24) is 0 Å². The summed E-state index contributed by atoms with van der Waals surface area (Å²) >= 11 is -4.98. The first-order chi connectivity index (χ1) is 64.8. The van der Waals surface area contributed by atoms with Crippen LogP contribution in [0, 0.1) is 48.2 Å². The molecule has 1 aliphatic heterocycles. The molecule has 0 spiro atoms. The van der Waals surface area contributed by atoms with Crippen LogP contribution in [0.25, 0.3) is 0 Å². The number of benzene rings is 5. The minimum atomic E-state index is -1.75. The molecule has 5 aromatic carbocycles. The quantitative estimate of drug-likeness (QED) is 0.0355. The Kier molecular flexibility index (Phi) is 55.4. The van der Waals surface area contributed by atoms with Crippen LogP contribution in [0.3, 0.4) is 0 Å². The normalized spacial score (nSPS) is 21.8. The summed E-state index contributed by atoms with van der Waals surface area (Å²) in [7, 11) is 34.1. The Morgan fingerprint density at radius 3 is 0.647 bits per heavy atom. The van der Waals surface area contributed by atoms with Gasteiger partial charge in [-0.25, -0.2) is 0 Å². The van der Waals surface area contributed by atoms with Gasteiger partial charge in [-0.15, -0.1) is 6.67 Å². The van der Waals surface area contributed by atoms with Gasteiger partial charge in [-0.1, -0.05) is 112 Å². The molecule has 0 unspecified atom stereocenters. The summed E-state index contributed by atoms with van der Waals surface area (Å²) < 4.78 is 10.3. The van der Waals surface area contributed by atoms with Crippen molar-refractivity contribution in [3.8, 4) is 5.75 Å². The second-order valence-corrected chi connectivity index (χ2v) is 74.2. The van der Waals surface area contributed by atoms with Gasteiger partial charge in [0, 0.05) is 43.1 Å². The van der Waals surface area contributed by atoms with Crippen LogP contribution in [0.2, 0.25) is 0 Å². The number of ether oxygens (including phenoxy) is 1. The predicted molar refractivity (Wildman–Crippen MR) is 602 cm³/mol. The van der Waals surface area contributed by atoms with Gasteiger partial charge >= 0.3 is 245 Å². The third-order valence-electron chi connectivity index (χ3n) is 32.9. The Morgan fingerprint density at radius 1 is 0.271 bits per heavy atom. The molecule has 752 valence electrons. The van der Waals surface area contributed by atoms with Crippen molar-refractivity contribution < 1.29 is 45.3 Å². The summed E-state index contributed by atoms with van der Waals surface area (Å²) in [6, 6.07) is 36.7. The van der Waals surface area contributed by atoms with Crippen LogP contribution in [0.15, 0.2) is 122 Å². The maximum atomic E-state index is 5.83. The molecule has 0 aromatic heterocycles. The SMILES string of the molecule is C1CCC([PH+](C2CCCCC2)C2CCCCC2)CC1.C1CCC([PH+](C2CCCCC2)C2CCCCC2)CC1.C1CCC([PH+](C2CCCCC2)C2CCCCC2)CC1.C1CCC([PH+](C2CCCCC2)C2CCCCC2)CC1.CC(C)[OH+]c1ccccc1[CH]=[Ru]([Cl])[Cl].Cc1cc(C)c(N2C=CN(c3c(C)cc(C)cc3C)[CH-]2)c(C)c1.[Cl][Ru]([Cl])=[CH]c1ccccc1.[Cl][Ru]([Cl])=[CH]c1ccccc1. The average molecular weight is 2280 g/mol. The third-order valence-corrected chi connectivity index (χ3v) is 56.7. The van der Waals surface area contributed by atoms with E-state index in [-0.39, 0.29) is 37.8 Å². The van der Waals surface area contributed by atoms with Gasteiger partial charge in [-0.2, -0.15) is 0 Å². The minimum absolute atomic E-state index is 0.0465. The van der Waals surface area contributed by atoms with E-state index in [1.165, 1.54) is 113 Å². The van der Waals surface area contributed by atoms with Gasteiger partial charge in [0.1, 0.15) is 0 Å². The van der Waals surface area contributed by atoms with Crippen molar-refractivity contribution in [1.29, 1.82) is 0 Å². The van der Waals surface area contributed by atoms with Crippen LogP contribution in [-0.4, -0.2) is 92.6 Å². The Balaban J connectivity index is 0.000000148. The summed E-state index contributed by atoms with van der Waals surface area (Å²) in [5.74, 6) is 0.975. The molecule has 0 radical (unpaired) electrons. The molecule has 12 aliphatic carbocycles. The zero-order valence-electron chi connectivity index (χ0n) is 84.5. The number of aliphatic hydroxyl groups is 1. The molecule has 0 atom stereocenters. The second-order valence-electron chi connectivity index (χ2n) is 43.3. The zero-order valence-corrected chi connectivity index (χ0v) is 98.2. The number of para-hydroxylation sites is 1. The Labute approximate surface area is 860 Å². The molecule has 3 nitrogen and oxygen atoms in total. The molecule has 0 saturated heterocycles. The van der Waals surface area contributed by atoms with Crippen LogP contribution in [0.1, 0.15) is 449 Å². The zero-order chi connectivity index (χ0) is 93.7. The Morgan fingerprint density at radius 2 is 0.459 bits per heavy atom. The molecule has 12 fully saturated rings. The molecule has 16 heteroatoms. The number of anilines is 2. The van der Waals surface area contributed by atoms with Crippen molar-refractivity contribution in [3.05, 3.63) is 178 Å². The van der Waals surface area contributed by atoms with Gasteiger partial charge in [0.05, 0.1) is 67.9 Å². The first-order valence-electron chi connectivity index (χ1n) is 55.0.